The van der Waals surface area contributed by atoms with E-state index in [0.717, 1.165) is 11.8 Å². The molecule has 0 aromatic carbocycles. The molecule has 1 aliphatic rings. The molecule has 3 unspecified atom stereocenters. The van der Waals surface area contributed by atoms with Crippen molar-refractivity contribution in [2.75, 3.05) is 0 Å². The Morgan fingerprint density at radius 2 is 1.92 bits per heavy atom. The lowest BCUT2D eigenvalue weighted by Gasteiger charge is -2.22. The van der Waals surface area contributed by atoms with Gasteiger partial charge in [0.2, 0.25) is 0 Å². The van der Waals surface area contributed by atoms with Crippen LogP contribution < -0.4 is 5.73 Å². The summed E-state index contributed by atoms with van der Waals surface area (Å²) in [5, 5.41) is 0. The molecule has 1 nitrogen and oxygen atoms in total. The van der Waals surface area contributed by atoms with Gasteiger partial charge < -0.3 is 5.73 Å². The van der Waals surface area contributed by atoms with Crippen LogP contribution in [0.3, 0.4) is 0 Å². The number of rotatable bonds is 2. The zero-order chi connectivity index (χ0) is 8.97. The maximum absolute atomic E-state index is 5.84. The average molecular weight is 169 g/mol. The second-order valence-electron chi connectivity index (χ2n) is 4.59. The Morgan fingerprint density at radius 3 is 2.58 bits per heavy atom. The molecular weight excluding hydrogens is 146 g/mol. The first kappa shape index (κ1) is 10.0. The van der Waals surface area contributed by atoms with Crippen LogP contribution in [-0.4, -0.2) is 6.04 Å². The third kappa shape index (κ3) is 3.14. The molecule has 0 aliphatic heterocycles. The maximum Gasteiger partial charge on any atom is 0.00132 e. The van der Waals surface area contributed by atoms with E-state index >= 15 is 0 Å². The number of nitrogens with two attached hydrogens (primary N) is 1. The standard InChI is InChI=1S/C11H23N/c1-9-6-4-3-5-7-11(9)8-10(2)12/h9-11H,3-8,12H2,1-2H3. The van der Waals surface area contributed by atoms with Crippen LogP contribution in [0.25, 0.3) is 0 Å². The van der Waals surface area contributed by atoms with Gasteiger partial charge in [-0.3, -0.25) is 0 Å². The number of hydrogen-bond donors (Lipinski definition) is 1. The lowest BCUT2D eigenvalue weighted by Crippen LogP contribution is -2.22. The highest BCUT2D eigenvalue weighted by Crippen LogP contribution is 2.31. The van der Waals surface area contributed by atoms with Gasteiger partial charge in [0.15, 0.2) is 0 Å². The van der Waals surface area contributed by atoms with Gasteiger partial charge in [0.1, 0.15) is 0 Å². The van der Waals surface area contributed by atoms with Crippen molar-refractivity contribution in [3.05, 3.63) is 0 Å². The molecule has 1 saturated carbocycles. The summed E-state index contributed by atoms with van der Waals surface area (Å²) in [6.45, 7) is 4.54. The summed E-state index contributed by atoms with van der Waals surface area (Å²) >= 11 is 0. The fourth-order valence-corrected chi connectivity index (χ4v) is 2.40. The molecule has 0 saturated heterocycles. The van der Waals surface area contributed by atoms with E-state index in [1.54, 1.807) is 0 Å². The lowest BCUT2D eigenvalue weighted by atomic mass is 9.85. The Bertz CT molecular complexity index is 120. The summed E-state index contributed by atoms with van der Waals surface area (Å²) in [5.41, 5.74) is 5.84. The second kappa shape index (κ2) is 4.86. The van der Waals surface area contributed by atoms with Crippen molar-refractivity contribution in [1.29, 1.82) is 0 Å². The molecule has 0 radical (unpaired) electrons. The van der Waals surface area contributed by atoms with Gasteiger partial charge in [-0.1, -0.05) is 39.0 Å². The fourth-order valence-electron chi connectivity index (χ4n) is 2.40. The molecule has 0 aromatic rings. The highest BCUT2D eigenvalue weighted by atomic mass is 14.6. The fraction of sp³-hybridized carbons (Fsp3) is 1.00. The Morgan fingerprint density at radius 1 is 1.25 bits per heavy atom. The van der Waals surface area contributed by atoms with Crippen LogP contribution >= 0.6 is 0 Å². The minimum absolute atomic E-state index is 0.399. The summed E-state index contributed by atoms with van der Waals surface area (Å²) in [5.74, 6) is 1.82. The van der Waals surface area contributed by atoms with Crippen LogP contribution in [-0.2, 0) is 0 Å². The zero-order valence-corrected chi connectivity index (χ0v) is 8.55. The molecule has 72 valence electrons. The Hall–Kier alpha value is -0.0400. The minimum atomic E-state index is 0.399. The smallest absolute Gasteiger partial charge is 0.00132 e. The Kier molecular flexibility index (Phi) is 4.07. The summed E-state index contributed by atoms with van der Waals surface area (Å²) < 4.78 is 0. The molecule has 0 amide bonds. The van der Waals surface area contributed by atoms with Crippen LogP contribution in [0.4, 0.5) is 0 Å². The largest absolute Gasteiger partial charge is 0.328 e. The maximum atomic E-state index is 5.84. The van der Waals surface area contributed by atoms with Crippen molar-refractivity contribution in [2.45, 2.75) is 58.4 Å². The van der Waals surface area contributed by atoms with Crippen molar-refractivity contribution in [3.63, 3.8) is 0 Å². The summed E-state index contributed by atoms with van der Waals surface area (Å²) in [4.78, 5) is 0. The first-order valence-corrected chi connectivity index (χ1v) is 5.45. The third-order valence-electron chi connectivity index (χ3n) is 3.21. The molecule has 0 spiro atoms. The number of hydrogen-bond acceptors (Lipinski definition) is 1. The monoisotopic (exact) mass is 169 g/mol. The Labute approximate surface area is 76.7 Å². The zero-order valence-electron chi connectivity index (χ0n) is 8.55. The van der Waals surface area contributed by atoms with Gasteiger partial charge >= 0.3 is 0 Å². The van der Waals surface area contributed by atoms with E-state index in [1.165, 1.54) is 38.5 Å². The van der Waals surface area contributed by atoms with Crippen LogP contribution in [0.2, 0.25) is 0 Å². The predicted octanol–water partition coefficient (Wildman–Crippen LogP) is 2.94. The highest BCUT2D eigenvalue weighted by molar-refractivity contribution is 4.73. The SMILES string of the molecule is CC(N)CC1CCCCCC1C. The molecule has 2 N–H and O–H groups in total. The van der Waals surface area contributed by atoms with Gasteiger partial charge in [-0.15, -0.1) is 0 Å². The van der Waals surface area contributed by atoms with Crippen LogP contribution in [0.1, 0.15) is 52.4 Å². The molecule has 1 fully saturated rings. The van der Waals surface area contributed by atoms with Crippen molar-refractivity contribution in [3.8, 4) is 0 Å². The summed E-state index contributed by atoms with van der Waals surface area (Å²) in [6, 6.07) is 0.399. The first-order valence-electron chi connectivity index (χ1n) is 5.45. The van der Waals surface area contributed by atoms with Crippen LogP contribution in [0, 0.1) is 11.8 Å². The molecule has 0 aromatic heterocycles. The minimum Gasteiger partial charge on any atom is -0.328 e. The van der Waals surface area contributed by atoms with Gasteiger partial charge in [0, 0.05) is 6.04 Å². The molecule has 0 heterocycles. The van der Waals surface area contributed by atoms with Gasteiger partial charge in [-0.2, -0.15) is 0 Å². The average Bonchev–Trinajstić information content (AvgIpc) is 2.16. The quantitative estimate of drug-likeness (QED) is 0.632. The molecule has 3 atom stereocenters. The van der Waals surface area contributed by atoms with E-state index in [9.17, 15) is 0 Å². The Balaban J connectivity index is 2.36. The first-order chi connectivity index (χ1) is 5.70. The highest BCUT2D eigenvalue weighted by Gasteiger charge is 2.20. The summed E-state index contributed by atoms with van der Waals surface area (Å²) in [7, 11) is 0. The molecule has 1 aliphatic carbocycles. The van der Waals surface area contributed by atoms with Crippen LogP contribution in [0.15, 0.2) is 0 Å². The van der Waals surface area contributed by atoms with Gasteiger partial charge in [0.25, 0.3) is 0 Å². The van der Waals surface area contributed by atoms with Crippen molar-refractivity contribution in [1.82, 2.24) is 0 Å². The van der Waals surface area contributed by atoms with Crippen molar-refractivity contribution >= 4 is 0 Å². The van der Waals surface area contributed by atoms with Gasteiger partial charge in [-0.25, -0.2) is 0 Å². The van der Waals surface area contributed by atoms with Gasteiger partial charge in [-0.05, 0) is 25.2 Å². The van der Waals surface area contributed by atoms with E-state index in [4.69, 9.17) is 5.73 Å². The predicted molar refractivity (Wildman–Crippen MR) is 54.0 cm³/mol. The van der Waals surface area contributed by atoms with Gasteiger partial charge in [0.05, 0.1) is 0 Å². The topological polar surface area (TPSA) is 26.0 Å². The molecule has 1 rings (SSSR count). The molecule has 0 bridgehead atoms. The third-order valence-corrected chi connectivity index (χ3v) is 3.21. The van der Waals surface area contributed by atoms with E-state index in [-0.39, 0.29) is 0 Å². The molecular formula is C11H23N. The molecule has 12 heavy (non-hydrogen) atoms. The lowest BCUT2D eigenvalue weighted by molar-refractivity contribution is 0.301. The van der Waals surface area contributed by atoms with Crippen molar-refractivity contribution in [2.24, 2.45) is 17.6 Å². The molecule has 1 heteroatoms. The van der Waals surface area contributed by atoms with E-state index in [1.807, 2.05) is 0 Å². The normalized spacial score (nSPS) is 34.2. The summed E-state index contributed by atoms with van der Waals surface area (Å²) in [6.07, 6.45) is 8.40. The van der Waals surface area contributed by atoms with Crippen LogP contribution in [0.5, 0.6) is 0 Å². The van der Waals surface area contributed by atoms with Crippen molar-refractivity contribution < 1.29 is 0 Å². The van der Waals surface area contributed by atoms with E-state index in [0.29, 0.717) is 6.04 Å². The second-order valence-corrected chi connectivity index (χ2v) is 4.59. The van der Waals surface area contributed by atoms with E-state index < -0.39 is 0 Å². The van der Waals surface area contributed by atoms with E-state index in [2.05, 4.69) is 13.8 Å².